The number of hydrogen-bond donors (Lipinski definition) is 2. The van der Waals surface area contributed by atoms with Crippen molar-refractivity contribution in [3.63, 3.8) is 0 Å². The molecule has 0 aromatic heterocycles. The molecule has 14 heavy (non-hydrogen) atoms. The molecule has 0 radical (unpaired) electrons. The standard InChI is InChI=1S/C9H15BrN2O2/c1-4-5(2)12-8(13)7(10)6(3)11-9(12)14/h5,9,11,14H,4H2,1-3H3. The van der Waals surface area contributed by atoms with E-state index in [2.05, 4.69) is 21.2 Å². The Labute approximate surface area is 92.1 Å². The van der Waals surface area contributed by atoms with Crippen molar-refractivity contribution in [3.05, 3.63) is 10.2 Å². The van der Waals surface area contributed by atoms with Crippen molar-refractivity contribution in [3.8, 4) is 0 Å². The summed E-state index contributed by atoms with van der Waals surface area (Å²) in [5, 5.41) is 12.5. The van der Waals surface area contributed by atoms with E-state index in [1.165, 1.54) is 4.90 Å². The number of carbonyl (C=O) groups is 1. The van der Waals surface area contributed by atoms with Gasteiger partial charge in [-0.05, 0) is 36.2 Å². The van der Waals surface area contributed by atoms with E-state index in [1.54, 1.807) is 6.92 Å². The summed E-state index contributed by atoms with van der Waals surface area (Å²) in [7, 11) is 0. The average Bonchev–Trinajstić information content (AvgIpc) is 2.14. The molecule has 0 spiro atoms. The van der Waals surface area contributed by atoms with Crippen LogP contribution in [0.25, 0.3) is 0 Å². The van der Waals surface area contributed by atoms with Crippen molar-refractivity contribution in [1.29, 1.82) is 0 Å². The third-order valence-corrected chi connectivity index (χ3v) is 3.36. The highest BCUT2D eigenvalue weighted by atomic mass is 79.9. The first-order chi connectivity index (χ1) is 6.49. The van der Waals surface area contributed by atoms with Gasteiger partial charge in [0.15, 0.2) is 0 Å². The zero-order chi connectivity index (χ0) is 10.9. The smallest absolute Gasteiger partial charge is 0.266 e. The minimum absolute atomic E-state index is 0.0191. The predicted molar refractivity (Wildman–Crippen MR) is 57.4 cm³/mol. The van der Waals surface area contributed by atoms with Crippen LogP contribution >= 0.6 is 15.9 Å². The normalized spacial score (nSPS) is 25.1. The molecule has 0 saturated heterocycles. The Bertz CT molecular complexity index is 278. The topological polar surface area (TPSA) is 52.6 Å². The molecule has 0 fully saturated rings. The quantitative estimate of drug-likeness (QED) is 0.785. The van der Waals surface area contributed by atoms with E-state index in [9.17, 15) is 9.90 Å². The fourth-order valence-electron chi connectivity index (χ4n) is 1.35. The second-order valence-electron chi connectivity index (χ2n) is 3.43. The minimum Gasteiger partial charge on any atom is -0.356 e. The molecule has 4 nitrogen and oxygen atoms in total. The van der Waals surface area contributed by atoms with Crippen molar-refractivity contribution in [1.82, 2.24) is 10.2 Å². The number of carbonyl (C=O) groups excluding carboxylic acids is 1. The minimum atomic E-state index is -0.918. The molecule has 0 aliphatic carbocycles. The summed E-state index contributed by atoms with van der Waals surface area (Å²) in [5.74, 6) is -0.164. The van der Waals surface area contributed by atoms with Gasteiger partial charge in [-0.2, -0.15) is 0 Å². The molecule has 5 heteroatoms. The Kier molecular flexibility index (Phi) is 3.55. The van der Waals surface area contributed by atoms with Gasteiger partial charge in [0, 0.05) is 11.7 Å². The van der Waals surface area contributed by atoms with E-state index in [0.29, 0.717) is 10.2 Å². The van der Waals surface area contributed by atoms with Crippen LogP contribution in [0.15, 0.2) is 10.2 Å². The van der Waals surface area contributed by atoms with E-state index in [-0.39, 0.29) is 11.9 Å². The summed E-state index contributed by atoms with van der Waals surface area (Å²) in [6, 6.07) is 0.0191. The van der Waals surface area contributed by atoms with Gasteiger partial charge in [-0.25, -0.2) is 0 Å². The first kappa shape index (κ1) is 11.5. The van der Waals surface area contributed by atoms with E-state index in [1.807, 2.05) is 13.8 Å². The van der Waals surface area contributed by atoms with Gasteiger partial charge >= 0.3 is 0 Å². The van der Waals surface area contributed by atoms with Gasteiger partial charge < -0.3 is 10.4 Å². The lowest BCUT2D eigenvalue weighted by molar-refractivity contribution is -0.144. The molecule has 0 aromatic rings. The Balaban J connectivity index is 2.94. The summed E-state index contributed by atoms with van der Waals surface area (Å²) in [5.41, 5.74) is 0.669. The van der Waals surface area contributed by atoms with Crippen molar-refractivity contribution in [2.75, 3.05) is 0 Å². The molecule has 0 bridgehead atoms. The molecule has 2 atom stereocenters. The molecule has 80 valence electrons. The van der Waals surface area contributed by atoms with Crippen LogP contribution < -0.4 is 5.32 Å². The van der Waals surface area contributed by atoms with Crippen molar-refractivity contribution in [2.45, 2.75) is 39.6 Å². The zero-order valence-electron chi connectivity index (χ0n) is 8.54. The molecule has 0 saturated carbocycles. The number of hydrogen-bond acceptors (Lipinski definition) is 3. The van der Waals surface area contributed by atoms with Crippen LogP contribution in [0.5, 0.6) is 0 Å². The van der Waals surface area contributed by atoms with E-state index < -0.39 is 6.35 Å². The van der Waals surface area contributed by atoms with Crippen LogP contribution in [0.2, 0.25) is 0 Å². The van der Waals surface area contributed by atoms with Crippen molar-refractivity contribution >= 4 is 21.8 Å². The van der Waals surface area contributed by atoms with Gasteiger partial charge in [0.05, 0.1) is 0 Å². The van der Waals surface area contributed by atoms with Gasteiger partial charge in [0.25, 0.3) is 5.91 Å². The fraction of sp³-hybridized carbons (Fsp3) is 0.667. The molecule has 1 amide bonds. The molecule has 2 unspecified atom stereocenters. The predicted octanol–water partition coefficient (Wildman–Crippen LogP) is 1.12. The zero-order valence-corrected chi connectivity index (χ0v) is 10.1. The van der Waals surface area contributed by atoms with Crippen molar-refractivity contribution in [2.24, 2.45) is 0 Å². The molecule has 1 heterocycles. The van der Waals surface area contributed by atoms with Crippen LogP contribution in [-0.2, 0) is 4.79 Å². The highest BCUT2D eigenvalue weighted by Crippen LogP contribution is 2.22. The number of aliphatic hydroxyl groups is 1. The third kappa shape index (κ3) is 1.93. The number of nitrogens with zero attached hydrogens (tertiary/aromatic N) is 1. The van der Waals surface area contributed by atoms with Crippen LogP contribution in [0.4, 0.5) is 0 Å². The number of nitrogens with one attached hydrogen (secondary N) is 1. The summed E-state index contributed by atoms with van der Waals surface area (Å²) in [6.07, 6.45) is -0.108. The second kappa shape index (κ2) is 4.31. The Morgan fingerprint density at radius 3 is 2.79 bits per heavy atom. The third-order valence-electron chi connectivity index (χ3n) is 2.43. The van der Waals surface area contributed by atoms with Gasteiger partial charge in [-0.15, -0.1) is 0 Å². The molecule has 1 rings (SSSR count). The van der Waals surface area contributed by atoms with E-state index >= 15 is 0 Å². The Hall–Kier alpha value is -0.550. The maximum atomic E-state index is 11.8. The molecular weight excluding hydrogens is 248 g/mol. The lowest BCUT2D eigenvalue weighted by Crippen LogP contribution is -2.55. The Morgan fingerprint density at radius 2 is 2.29 bits per heavy atom. The first-order valence-corrected chi connectivity index (χ1v) is 5.42. The summed E-state index contributed by atoms with van der Waals surface area (Å²) >= 11 is 3.20. The monoisotopic (exact) mass is 262 g/mol. The lowest BCUT2D eigenvalue weighted by Gasteiger charge is -2.37. The number of halogens is 1. The average molecular weight is 263 g/mol. The molecule has 0 aromatic carbocycles. The number of amides is 1. The lowest BCUT2D eigenvalue weighted by atomic mass is 10.2. The highest BCUT2D eigenvalue weighted by Gasteiger charge is 2.32. The largest absolute Gasteiger partial charge is 0.356 e. The highest BCUT2D eigenvalue weighted by molar-refractivity contribution is 9.12. The van der Waals surface area contributed by atoms with E-state index in [0.717, 1.165) is 6.42 Å². The fourth-order valence-corrected chi connectivity index (χ4v) is 1.67. The maximum absolute atomic E-state index is 11.8. The summed E-state index contributed by atoms with van der Waals surface area (Å²) in [6.45, 7) is 5.63. The molecule has 1 aliphatic heterocycles. The number of aliphatic hydroxyl groups excluding tert-OH is 1. The number of rotatable bonds is 2. The number of allylic oxidation sites excluding steroid dienone is 1. The molecular formula is C9H15BrN2O2. The van der Waals surface area contributed by atoms with Crippen molar-refractivity contribution < 1.29 is 9.90 Å². The van der Waals surface area contributed by atoms with Gasteiger partial charge in [0.2, 0.25) is 6.35 Å². The van der Waals surface area contributed by atoms with Gasteiger partial charge in [0.1, 0.15) is 4.48 Å². The van der Waals surface area contributed by atoms with Crippen LogP contribution in [-0.4, -0.2) is 28.3 Å². The SMILES string of the molecule is CCC(C)N1C(=O)C(Br)=C(C)NC1O. The van der Waals surface area contributed by atoms with Gasteiger partial charge in [-0.3, -0.25) is 9.69 Å². The summed E-state index contributed by atoms with van der Waals surface area (Å²) < 4.78 is 0.489. The molecule has 2 N–H and O–H groups in total. The summed E-state index contributed by atoms with van der Waals surface area (Å²) in [4.78, 5) is 13.2. The maximum Gasteiger partial charge on any atom is 0.266 e. The van der Waals surface area contributed by atoms with Crippen LogP contribution in [0.1, 0.15) is 27.2 Å². The second-order valence-corrected chi connectivity index (χ2v) is 4.22. The van der Waals surface area contributed by atoms with Crippen LogP contribution in [0, 0.1) is 0 Å². The Morgan fingerprint density at radius 1 is 1.71 bits per heavy atom. The molecule has 1 aliphatic rings. The van der Waals surface area contributed by atoms with Gasteiger partial charge in [-0.1, -0.05) is 6.92 Å². The van der Waals surface area contributed by atoms with E-state index in [4.69, 9.17) is 0 Å². The van der Waals surface area contributed by atoms with Crippen LogP contribution in [0.3, 0.4) is 0 Å². The first-order valence-electron chi connectivity index (χ1n) is 4.62.